The Hall–Kier alpha value is -3.05. The molecule has 0 aromatic heterocycles. The molecule has 0 radical (unpaired) electrons. The average molecular weight is 434 g/mol. The van der Waals surface area contributed by atoms with Crippen molar-refractivity contribution in [3.8, 4) is 0 Å². The van der Waals surface area contributed by atoms with Crippen molar-refractivity contribution in [1.82, 2.24) is 4.90 Å². The maximum Gasteiger partial charge on any atom is 0.286 e. The highest BCUT2D eigenvalue weighted by Crippen LogP contribution is 2.31. The van der Waals surface area contributed by atoms with Gasteiger partial charge in [0.1, 0.15) is 0 Å². The minimum atomic E-state index is -0.774. The third-order valence-electron chi connectivity index (χ3n) is 3.52. The lowest BCUT2D eigenvalue weighted by atomic mass is 10.2. The molecule has 29 heavy (non-hydrogen) atoms. The van der Waals surface area contributed by atoms with Crippen molar-refractivity contribution in [2.24, 2.45) is 5.73 Å². The van der Waals surface area contributed by atoms with Gasteiger partial charge >= 0.3 is 0 Å². The predicted molar refractivity (Wildman–Crippen MR) is 112 cm³/mol. The lowest BCUT2D eigenvalue weighted by molar-refractivity contribution is -0.387. The first-order valence-corrected chi connectivity index (χ1v) is 9.98. The van der Waals surface area contributed by atoms with Crippen molar-refractivity contribution in [3.05, 3.63) is 58.1 Å². The number of thioether (sulfide) groups is 2. The van der Waals surface area contributed by atoms with Gasteiger partial charge in [0.2, 0.25) is 11.8 Å². The second kappa shape index (κ2) is 9.94. The molecule has 0 saturated heterocycles. The van der Waals surface area contributed by atoms with Crippen LogP contribution >= 0.6 is 23.5 Å². The third kappa shape index (κ3) is 6.22. The summed E-state index contributed by atoms with van der Waals surface area (Å²) < 4.78 is 0. The highest BCUT2D eigenvalue weighted by atomic mass is 32.2. The minimum absolute atomic E-state index is 0.0158. The van der Waals surface area contributed by atoms with Crippen LogP contribution < -0.4 is 11.1 Å². The fourth-order valence-corrected chi connectivity index (χ4v) is 3.66. The van der Waals surface area contributed by atoms with E-state index in [1.807, 2.05) is 0 Å². The maximum atomic E-state index is 12.3. The van der Waals surface area contributed by atoms with E-state index in [1.165, 1.54) is 17.0 Å². The summed E-state index contributed by atoms with van der Waals surface area (Å²) in [5.74, 6) is -1.27. The molecule has 0 fully saturated rings. The van der Waals surface area contributed by atoms with E-state index >= 15 is 0 Å². The first-order valence-electron chi connectivity index (χ1n) is 8.18. The first-order chi connectivity index (χ1) is 13.7. The number of para-hydroxylation sites is 1. The molecule has 0 aliphatic carbocycles. The van der Waals surface area contributed by atoms with E-state index in [0.717, 1.165) is 29.6 Å². The van der Waals surface area contributed by atoms with Crippen molar-refractivity contribution in [3.63, 3.8) is 0 Å². The van der Waals surface area contributed by atoms with Crippen molar-refractivity contribution >= 4 is 52.0 Å². The van der Waals surface area contributed by atoms with E-state index < -0.39 is 16.7 Å². The zero-order valence-electron chi connectivity index (χ0n) is 15.6. The summed E-state index contributed by atoms with van der Waals surface area (Å²) in [6.07, 6.45) is 0. The summed E-state index contributed by atoms with van der Waals surface area (Å²) in [6, 6.07) is 10.7. The number of nitro benzene ring substituents is 1. The molecule has 2 aromatic rings. The number of amides is 3. The Balaban J connectivity index is 2.09. The number of benzene rings is 2. The zero-order valence-corrected chi connectivity index (χ0v) is 17.2. The molecule has 0 saturated carbocycles. The largest absolute Gasteiger partial charge is 0.366 e. The number of nitrogens with two attached hydrogens (primary N) is 1. The van der Waals surface area contributed by atoms with E-state index in [9.17, 15) is 24.5 Å². The van der Waals surface area contributed by atoms with Crippen LogP contribution in [-0.4, -0.2) is 46.7 Å². The van der Waals surface area contributed by atoms with E-state index in [2.05, 4.69) is 5.32 Å². The van der Waals surface area contributed by atoms with Gasteiger partial charge in [-0.3, -0.25) is 24.5 Å². The van der Waals surface area contributed by atoms with Gasteiger partial charge in [-0.25, -0.2) is 0 Å². The molecular formula is C18H18N4O5S2. The highest BCUT2D eigenvalue weighted by molar-refractivity contribution is 8.13. The maximum absolute atomic E-state index is 12.3. The van der Waals surface area contributed by atoms with Gasteiger partial charge in [-0.2, -0.15) is 0 Å². The molecule has 0 atom stereocenters. The lowest BCUT2D eigenvalue weighted by Crippen LogP contribution is -2.17. The second-order valence-corrected chi connectivity index (χ2v) is 7.91. The number of anilines is 1. The SMILES string of the molecule is CN(C)C(=O)Sc1ccccc1NC(=O)CSc1ccc(C(N)=O)cc1[N+](=O)[O-]. The molecule has 2 aromatic carbocycles. The molecule has 0 spiro atoms. The van der Waals surface area contributed by atoms with Crippen LogP contribution in [0.1, 0.15) is 10.4 Å². The summed E-state index contributed by atoms with van der Waals surface area (Å²) in [6.45, 7) is 0. The number of nitrogens with one attached hydrogen (secondary N) is 1. The van der Waals surface area contributed by atoms with Gasteiger partial charge in [0.05, 0.1) is 21.3 Å². The van der Waals surface area contributed by atoms with Crippen LogP contribution in [-0.2, 0) is 4.79 Å². The number of nitrogens with zero attached hydrogens (tertiary/aromatic N) is 2. The van der Waals surface area contributed by atoms with Crippen LogP contribution in [0.15, 0.2) is 52.3 Å². The molecule has 3 N–H and O–H groups in total. The van der Waals surface area contributed by atoms with Crippen LogP contribution in [0, 0.1) is 10.1 Å². The summed E-state index contributed by atoms with van der Waals surface area (Å²) in [5.41, 5.74) is 5.33. The van der Waals surface area contributed by atoms with Gasteiger partial charge in [0.25, 0.3) is 10.9 Å². The minimum Gasteiger partial charge on any atom is -0.366 e. The van der Waals surface area contributed by atoms with Crippen molar-refractivity contribution in [2.75, 3.05) is 25.2 Å². The fraction of sp³-hybridized carbons (Fsp3) is 0.167. The smallest absolute Gasteiger partial charge is 0.286 e. The Morgan fingerprint density at radius 1 is 1.14 bits per heavy atom. The van der Waals surface area contributed by atoms with Gasteiger partial charge in [-0.05, 0) is 36.0 Å². The number of hydrogen-bond donors (Lipinski definition) is 2. The molecule has 3 amide bonds. The fourth-order valence-electron chi connectivity index (χ4n) is 2.11. The van der Waals surface area contributed by atoms with Crippen LogP contribution in [0.4, 0.5) is 16.2 Å². The Morgan fingerprint density at radius 2 is 1.83 bits per heavy atom. The Bertz CT molecular complexity index is 965. The number of nitro groups is 1. The average Bonchev–Trinajstić information content (AvgIpc) is 2.67. The first kappa shape index (κ1) is 22.2. The van der Waals surface area contributed by atoms with Gasteiger partial charge in [-0.1, -0.05) is 12.1 Å². The molecule has 0 heterocycles. The number of carbonyl (C=O) groups excluding carboxylic acids is 3. The molecule has 0 unspecified atom stereocenters. The van der Waals surface area contributed by atoms with Gasteiger partial charge in [0, 0.05) is 30.6 Å². The molecule has 0 bridgehead atoms. The summed E-state index contributed by atoms with van der Waals surface area (Å²) in [7, 11) is 3.26. The third-order valence-corrected chi connectivity index (χ3v) is 5.70. The monoisotopic (exact) mass is 434 g/mol. The molecular weight excluding hydrogens is 416 g/mol. The van der Waals surface area contributed by atoms with Crippen molar-refractivity contribution in [2.45, 2.75) is 9.79 Å². The predicted octanol–water partition coefficient (Wildman–Crippen LogP) is 3.20. The van der Waals surface area contributed by atoms with Crippen LogP contribution in [0.2, 0.25) is 0 Å². The number of carbonyl (C=O) groups is 3. The zero-order chi connectivity index (χ0) is 21.6. The highest BCUT2D eigenvalue weighted by Gasteiger charge is 2.18. The van der Waals surface area contributed by atoms with Gasteiger partial charge < -0.3 is 16.0 Å². The lowest BCUT2D eigenvalue weighted by Gasteiger charge is -2.13. The van der Waals surface area contributed by atoms with Crippen molar-refractivity contribution in [1.29, 1.82) is 0 Å². The Morgan fingerprint density at radius 3 is 2.45 bits per heavy atom. The van der Waals surface area contributed by atoms with Crippen LogP contribution in [0.5, 0.6) is 0 Å². The number of primary amides is 1. The van der Waals surface area contributed by atoms with E-state index in [1.54, 1.807) is 38.4 Å². The number of hydrogen-bond acceptors (Lipinski definition) is 7. The Kier molecular flexibility index (Phi) is 7.62. The van der Waals surface area contributed by atoms with E-state index in [-0.39, 0.29) is 27.1 Å². The normalized spacial score (nSPS) is 10.3. The summed E-state index contributed by atoms with van der Waals surface area (Å²) >= 11 is 1.94. The quantitative estimate of drug-likeness (QED) is 0.388. The molecule has 0 aliphatic heterocycles. The summed E-state index contributed by atoms with van der Waals surface area (Å²) in [4.78, 5) is 48.3. The Labute approximate surface area is 175 Å². The van der Waals surface area contributed by atoms with E-state index in [0.29, 0.717) is 10.6 Å². The topological polar surface area (TPSA) is 136 Å². The van der Waals surface area contributed by atoms with Gasteiger partial charge in [-0.15, -0.1) is 11.8 Å². The molecule has 0 aliphatic rings. The molecule has 2 rings (SSSR count). The van der Waals surface area contributed by atoms with Crippen molar-refractivity contribution < 1.29 is 19.3 Å². The summed E-state index contributed by atoms with van der Waals surface area (Å²) in [5, 5.41) is 13.8. The van der Waals surface area contributed by atoms with Gasteiger partial charge in [0.15, 0.2) is 0 Å². The molecule has 152 valence electrons. The molecule has 11 heteroatoms. The van der Waals surface area contributed by atoms with E-state index in [4.69, 9.17) is 5.73 Å². The second-order valence-electron chi connectivity index (χ2n) is 5.90. The molecule has 9 nitrogen and oxygen atoms in total. The standard InChI is InChI=1S/C18H18N4O5S2/c1-21(2)18(25)29-14-6-4-3-5-12(14)20-16(23)10-28-15-8-7-11(17(19)24)9-13(15)22(26)27/h3-9H,10H2,1-2H3,(H2,19,24)(H,20,23). The van der Waals surface area contributed by atoms with Crippen LogP contribution in [0.25, 0.3) is 0 Å². The number of rotatable bonds is 7. The van der Waals surface area contributed by atoms with Crippen LogP contribution in [0.3, 0.4) is 0 Å².